The Morgan fingerprint density at radius 2 is 1.97 bits per heavy atom. The number of aromatic nitrogens is 2. The summed E-state index contributed by atoms with van der Waals surface area (Å²) in [6.07, 6.45) is 2.01. The molecule has 9 nitrogen and oxygen atoms in total. The molecule has 1 aromatic heterocycles. The summed E-state index contributed by atoms with van der Waals surface area (Å²) in [5, 5.41) is 3.01. The smallest absolute Gasteiger partial charge is 0.342 e. The van der Waals surface area contributed by atoms with Gasteiger partial charge in [-0.3, -0.25) is 9.59 Å². The zero-order valence-electron chi connectivity index (χ0n) is 19.6. The number of fused-ring (bicyclic) bond motifs is 1. The van der Waals surface area contributed by atoms with Crippen LogP contribution >= 0.6 is 0 Å². The van der Waals surface area contributed by atoms with Gasteiger partial charge in [-0.05, 0) is 30.2 Å². The largest absolute Gasteiger partial charge is 0.495 e. The van der Waals surface area contributed by atoms with Crippen LogP contribution in [0.1, 0.15) is 28.3 Å². The number of hydrogen-bond donors (Lipinski definition) is 2. The lowest BCUT2D eigenvalue weighted by molar-refractivity contribution is -0.140. The molecule has 0 spiro atoms. The van der Waals surface area contributed by atoms with Crippen LogP contribution in [0.4, 0.5) is 31.9 Å². The van der Waals surface area contributed by atoms with Crippen molar-refractivity contribution in [1.82, 2.24) is 9.97 Å². The summed E-state index contributed by atoms with van der Waals surface area (Å²) in [7, 11) is 2.73. The second-order valence-electron chi connectivity index (χ2n) is 8.82. The Morgan fingerprint density at radius 1 is 1.22 bits per heavy atom. The second-order valence-corrected chi connectivity index (χ2v) is 8.82. The first kappa shape index (κ1) is 23.5. The molecule has 186 valence electrons. The van der Waals surface area contributed by atoms with E-state index in [2.05, 4.69) is 15.3 Å². The number of carbonyl (C=O) groups is 2. The van der Waals surface area contributed by atoms with E-state index in [-0.39, 0.29) is 35.0 Å². The number of benzene rings is 2. The predicted molar refractivity (Wildman–Crippen MR) is 130 cm³/mol. The number of ether oxygens (including phenoxy) is 1. The lowest BCUT2D eigenvalue weighted by Crippen LogP contribution is -2.46. The molecular weight excluding hydrogens is 470 g/mol. The van der Waals surface area contributed by atoms with Gasteiger partial charge in [0.15, 0.2) is 5.82 Å². The Kier molecular flexibility index (Phi) is 5.70. The first-order valence-corrected chi connectivity index (χ1v) is 11.3. The number of nitrogens with two attached hydrogens (primary N) is 1. The molecule has 2 amide bonds. The number of nitrogens with zero attached hydrogens (tertiary/aromatic N) is 4. The average Bonchev–Trinajstić information content (AvgIpc) is 3.68. The fourth-order valence-electron chi connectivity index (χ4n) is 4.51. The Bertz CT molecular complexity index is 1340. The number of hydrogen-bond acceptors (Lipinski definition) is 7. The van der Waals surface area contributed by atoms with Crippen LogP contribution in [0.5, 0.6) is 5.75 Å². The Balaban J connectivity index is 1.52. The highest BCUT2D eigenvalue weighted by molar-refractivity contribution is 6.02. The number of carbonyl (C=O) groups excluding carboxylic acids is 2. The minimum Gasteiger partial charge on any atom is -0.495 e. The summed E-state index contributed by atoms with van der Waals surface area (Å²) in [6.45, 7) is -0.787. The van der Waals surface area contributed by atoms with Crippen LogP contribution in [-0.4, -0.2) is 54.4 Å². The highest BCUT2D eigenvalue weighted by Crippen LogP contribution is 2.49. The van der Waals surface area contributed by atoms with E-state index >= 15 is 0 Å². The summed E-state index contributed by atoms with van der Waals surface area (Å²) >= 11 is 0. The van der Waals surface area contributed by atoms with E-state index in [9.17, 15) is 18.4 Å². The fourth-order valence-corrected chi connectivity index (χ4v) is 4.51. The molecular formula is C25H24F2N6O3. The third-order valence-electron chi connectivity index (χ3n) is 6.49. The van der Waals surface area contributed by atoms with E-state index in [1.165, 1.54) is 37.4 Å². The zero-order valence-corrected chi connectivity index (χ0v) is 19.6. The maximum absolute atomic E-state index is 14.9. The van der Waals surface area contributed by atoms with Gasteiger partial charge in [-0.1, -0.05) is 30.3 Å². The van der Waals surface area contributed by atoms with Crippen molar-refractivity contribution in [3.63, 3.8) is 0 Å². The molecule has 0 unspecified atom stereocenters. The summed E-state index contributed by atoms with van der Waals surface area (Å²) in [5.74, 6) is -4.80. The molecule has 36 heavy (non-hydrogen) atoms. The molecule has 0 radical (unpaired) electrons. The predicted octanol–water partition coefficient (Wildman–Crippen LogP) is 3.30. The van der Waals surface area contributed by atoms with Gasteiger partial charge in [0.1, 0.15) is 11.4 Å². The summed E-state index contributed by atoms with van der Waals surface area (Å²) in [6, 6.07) is 14.0. The van der Waals surface area contributed by atoms with Gasteiger partial charge in [-0.15, -0.1) is 0 Å². The van der Waals surface area contributed by atoms with E-state index in [4.69, 9.17) is 10.5 Å². The molecule has 11 heteroatoms. The molecule has 2 aromatic carbocycles. The minimum absolute atomic E-state index is 0.0428. The van der Waals surface area contributed by atoms with Gasteiger partial charge in [0.2, 0.25) is 11.9 Å². The number of nitrogens with one attached hydrogen (secondary N) is 1. The third-order valence-corrected chi connectivity index (χ3v) is 6.49. The quantitative estimate of drug-likeness (QED) is 0.541. The summed E-state index contributed by atoms with van der Waals surface area (Å²) < 4.78 is 35.2. The third kappa shape index (κ3) is 4.16. The molecule has 0 saturated heterocycles. The SMILES string of the molecule is COc1cc(C(N)=O)ccc1Nc1ncc2c(n1)N([C@@H]1C[C@H]1c1ccccc1)CC(F)(F)C(=O)N2C. The topological polar surface area (TPSA) is 114 Å². The number of methoxy groups -OCH3 is 1. The highest BCUT2D eigenvalue weighted by Gasteiger charge is 2.53. The van der Waals surface area contributed by atoms with E-state index in [1.807, 2.05) is 30.3 Å². The number of anilines is 4. The summed E-state index contributed by atoms with van der Waals surface area (Å²) in [5.41, 5.74) is 7.29. The van der Waals surface area contributed by atoms with Crippen molar-refractivity contribution in [3.05, 3.63) is 65.9 Å². The number of primary amides is 1. The zero-order chi connectivity index (χ0) is 25.6. The van der Waals surface area contributed by atoms with Crippen molar-refractivity contribution in [2.45, 2.75) is 24.3 Å². The monoisotopic (exact) mass is 494 g/mol. The van der Waals surface area contributed by atoms with Crippen LogP contribution in [0.15, 0.2) is 54.7 Å². The van der Waals surface area contributed by atoms with Crippen LogP contribution in [0, 0.1) is 0 Å². The van der Waals surface area contributed by atoms with Gasteiger partial charge in [0.05, 0.1) is 25.5 Å². The normalized spacial score (nSPS) is 20.4. The van der Waals surface area contributed by atoms with Gasteiger partial charge >= 0.3 is 5.92 Å². The first-order valence-electron chi connectivity index (χ1n) is 11.3. The van der Waals surface area contributed by atoms with E-state index in [0.29, 0.717) is 17.9 Å². The molecule has 2 atom stereocenters. The molecule has 3 aromatic rings. The van der Waals surface area contributed by atoms with Gasteiger partial charge < -0.3 is 25.6 Å². The van der Waals surface area contributed by atoms with Crippen LogP contribution < -0.4 is 25.6 Å². The Hall–Kier alpha value is -4.28. The van der Waals surface area contributed by atoms with Crippen LogP contribution in [-0.2, 0) is 4.79 Å². The van der Waals surface area contributed by atoms with Gasteiger partial charge in [-0.2, -0.15) is 13.8 Å². The maximum Gasteiger partial charge on any atom is 0.342 e. The van der Waals surface area contributed by atoms with Crippen molar-refractivity contribution in [1.29, 1.82) is 0 Å². The molecule has 2 heterocycles. The Morgan fingerprint density at radius 3 is 2.67 bits per heavy atom. The van der Waals surface area contributed by atoms with Crippen LogP contribution in [0.3, 0.4) is 0 Å². The van der Waals surface area contributed by atoms with Crippen molar-refractivity contribution in [2.24, 2.45) is 5.73 Å². The molecule has 2 aliphatic rings. The highest BCUT2D eigenvalue weighted by atomic mass is 19.3. The van der Waals surface area contributed by atoms with Crippen molar-refractivity contribution in [3.8, 4) is 5.75 Å². The Labute approximate surface area is 205 Å². The molecule has 1 aliphatic heterocycles. The molecule has 3 N–H and O–H groups in total. The fraction of sp³-hybridized carbons (Fsp3) is 0.280. The maximum atomic E-state index is 14.9. The van der Waals surface area contributed by atoms with Crippen LogP contribution in [0.2, 0.25) is 0 Å². The van der Waals surface area contributed by atoms with E-state index in [1.54, 1.807) is 6.07 Å². The number of halogens is 2. The van der Waals surface area contributed by atoms with E-state index in [0.717, 1.165) is 10.5 Å². The van der Waals surface area contributed by atoms with Gasteiger partial charge in [0, 0.05) is 24.6 Å². The minimum atomic E-state index is -3.60. The molecule has 5 rings (SSSR count). The number of rotatable bonds is 6. The molecule has 1 saturated carbocycles. The van der Waals surface area contributed by atoms with E-state index < -0.39 is 24.3 Å². The first-order chi connectivity index (χ1) is 17.2. The lowest BCUT2D eigenvalue weighted by Gasteiger charge is -2.26. The van der Waals surface area contributed by atoms with Crippen molar-refractivity contribution in [2.75, 3.05) is 35.8 Å². The van der Waals surface area contributed by atoms with Crippen molar-refractivity contribution >= 4 is 35.0 Å². The van der Waals surface area contributed by atoms with Crippen molar-refractivity contribution < 1.29 is 23.1 Å². The number of amides is 2. The number of alkyl halides is 2. The second kappa shape index (κ2) is 8.74. The van der Waals surface area contributed by atoms with Gasteiger partial charge in [0.25, 0.3) is 5.91 Å². The standard InChI is InChI=1S/C25H24F2N6O3/c1-32-19-12-29-24(30-17-9-8-15(21(28)34)10-20(17)36-2)31-22(19)33(13-25(26,27)23(32)35)18-11-16(18)14-6-4-3-5-7-14/h3-10,12,16,18H,11,13H2,1-2H3,(H2,28,34)(H,29,30,31)/t16-,18+/m0/s1. The molecule has 1 fully saturated rings. The van der Waals surface area contributed by atoms with Crippen LogP contribution in [0.25, 0.3) is 0 Å². The van der Waals surface area contributed by atoms with Gasteiger partial charge in [-0.25, -0.2) is 4.98 Å². The molecule has 1 aliphatic carbocycles. The average molecular weight is 495 g/mol. The molecule has 0 bridgehead atoms. The lowest BCUT2D eigenvalue weighted by atomic mass is 10.1. The summed E-state index contributed by atoms with van der Waals surface area (Å²) in [4.78, 5) is 35.3.